The number of carbonyl (C=O) groups is 1. The Bertz CT molecular complexity index is 706. The molecule has 164 valence electrons. The van der Waals surface area contributed by atoms with Crippen LogP contribution in [0.25, 0.3) is 0 Å². The maximum atomic E-state index is 12.2. The monoisotopic (exact) mass is 437 g/mol. The molecular weight excluding hydrogens is 411 g/mol. The van der Waals surface area contributed by atoms with Gasteiger partial charge in [0.2, 0.25) is 0 Å². The molecule has 0 unspecified atom stereocenters. The number of carboxylic acids is 1. The number of alkyl halides is 3. The van der Waals surface area contributed by atoms with Crippen LogP contribution in [0.1, 0.15) is 40.9 Å². The van der Waals surface area contributed by atoms with Crippen LogP contribution in [0, 0.1) is 13.8 Å². The summed E-state index contributed by atoms with van der Waals surface area (Å²) in [5.74, 6) is -0.934. The van der Waals surface area contributed by atoms with Gasteiger partial charge in [0.15, 0.2) is 6.79 Å². The van der Waals surface area contributed by atoms with Crippen LogP contribution in [-0.2, 0) is 11.0 Å². The molecule has 0 heterocycles. The summed E-state index contributed by atoms with van der Waals surface area (Å²) in [7, 11) is 1.58. The minimum absolute atomic E-state index is 0.254. The average molecular weight is 438 g/mol. The second kappa shape index (κ2) is 15.8. The Balaban J connectivity index is 0. The summed E-state index contributed by atoms with van der Waals surface area (Å²) >= 11 is 5.52. The Morgan fingerprint density at radius 3 is 1.93 bits per heavy atom. The first-order valence-corrected chi connectivity index (χ1v) is 8.93. The first-order valence-electron chi connectivity index (χ1n) is 8.55. The molecule has 0 bridgehead atoms. The van der Waals surface area contributed by atoms with E-state index in [4.69, 9.17) is 21.8 Å². The van der Waals surface area contributed by atoms with Crippen molar-refractivity contribution in [3.05, 3.63) is 69.7 Å². The quantitative estimate of drug-likeness (QED) is 0.438. The number of hydroxylamine groups is 1. The van der Waals surface area contributed by atoms with Crippen molar-refractivity contribution in [2.75, 3.05) is 13.8 Å². The van der Waals surface area contributed by atoms with Crippen LogP contribution in [0.2, 0.25) is 5.02 Å². The smallest absolute Gasteiger partial charge is 0.416 e. The van der Waals surface area contributed by atoms with Crippen LogP contribution in [-0.4, -0.2) is 30.0 Å². The van der Waals surface area contributed by atoms with E-state index in [-0.39, 0.29) is 17.9 Å². The highest BCUT2D eigenvalue weighted by molar-refractivity contribution is 6.30. The minimum Gasteiger partial charge on any atom is -0.478 e. The van der Waals surface area contributed by atoms with Crippen LogP contribution < -0.4 is 5.48 Å². The molecule has 5 nitrogen and oxygen atoms in total. The fraction of sp³-hybridized carbons (Fsp3) is 0.350. The summed E-state index contributed by atoms with van der Waals surface area (Å²) in [6.45, 7) is 6.84. The minimum atomic E-state index is -4.23. The van der Waals surface area contributed by atoms with Gasteiger partial charge in [-0.3, -0.25) is 4.84 Å². The molecule has 29 heavy (non-hydrogen) atoms. The second-order valence-electron chi connectivity index (χ2n) is 5.11. The number of aliphatic hydroxyl groups excluding tert-OH is 1. The van der Waals surface area contributed by atoms with Gasteiger partial charge in [-0.25, -0.2) is 10.3 Å². The lowest BCUT2D eigenvalue weighted by Gasteiger charge is -2.10. The Morgan fingerprint density at radius 2 is 1.62 bits per heavy atom. The van der Waals surface area contributed by atoms with Crippen molar-refractivity contribution >= 4 is 17.6 Å². The SMILES string of the molecule is CC.CNOCO.Cc1ccc(C)c(C(F)(F)F)c1.O=C(O)c1ccc(Cl)cc1. The van der Waals surface area contributed by atoms with E-state index in [0.29, 0.717) is 10.6 Å². The van der Waals surface area contributed by atoms with E-state index in [0.717, 1.165) is 6.07 Å². The van der Waals surface area contributed by atoms with Crippen LogP contribution in [0.15, 0.2) is 42.5 Å². The predicted molar refractivity (Wildman–Crippen MR) is 108 cm³/mol. The van der Waals surface area contributed by atoms with E-state index in [1.807, 2.05) is 13.8 Å². The van der Waals surface area contributed by atoms with Gasteiger partial charge in [0.1, 0.15) is 0 Å². The third kappa shape index (κ3) is 13.6. The van der Waals surface area contributed by atoms with Crippen molar-refractivity contribution in [2.45, 2.75) is 33.9 Å². The van der Waals surface area contributed by atoms with Gasteiger partial charge in [0.05, 0.1) is 11.1 Å². The Kier molecular flexibility index (Phi) is 15.8. The lowest BCUT2D eigenvalue weighted by atomic mass is 10.1. The van der Waals surface area contributed by atoms with Gasteiger partial charge in [0, 0.05) is 12.1 Å². The first-order chi connectivity index (χ1) is 13.5. The zero-order chi connectivity index (χ0) is 23.0. The second-order valence-corrected chi connectivity index (χ2v) is 5.54. The molecule has 0 aliphatic heterocycles. The fourth-order valence-corrected chi connectivity index (χ4v) is 1.82. The average Bonchev–Trinajstić information content (AvgIpc) is 2.66. The topological polar surface area (TPSA) is 78.8 Å². The zero-order valence-corrected chi connectivity index (χ0v) is 17.7. The van der Waals surface area contributed by atoms with Gasteiger partial charge in [-0.2, -0.15) is 13.2 Å². The molecule has 0 aliphatic carbocycles. The Hall–Kier alpha value is -2.13. The number of aromatic carboxylic acids is 1. The van der Waals surface area contributed by atoms with E-state index >= 15 is 0 Å². The normalized spacial score (nSPS) is 9.72. The van der Waals surface area contributed by atoms with Gasteiger partial charge in [0.25, 0.3) is 0 Å². The standard InChI is InChI=1S/C9H9F3.C7H5ClO2.C2H7NO2.C2H6/c1-6-3-4-7(2)8(5-6)9(10,11)12;8-6-3-1-5(2-4-6)7(9)10;1-3-5-2-4;1-2/h3-5H,1-2H3;1-4H,(H,9,10);3-4H,2H2,1H3;1-2H3. The number of rotatable bonds is 3. The molecule has 2 aromatic carbocycles. The van der Waals surface area contributed by atoms with Crippen molar-refractivity contribution in [2.24, 2.45) is 0 Å². The van der Waals surface area contributed by atoms with Crippen molar-refractivity contribution in [3.63, 3.8) is 0 Å². The fourth-order valence-electron chi connectivity index (χ4n) is 1.70. The summed E-state index contributed by atoms with van der Waals surface area (Å²) in [6, 6.07) is 10.3. The maximum Gasteiger partial charge on any atom is 0.416 e. The van der Waals surface area contributed by atoms with E-state index in [9.17, 15) is 18.0 Å². The molecular formula is C20H27ClF3NO4. The summed E-state index contributed by atoms with van der Waals surface area (Å²) in [6.07, 6.45) is -4.23. The molecule has 0 fully saturated rings. The number of benzene rings is 2. The zero-order valence-electron chi connectivity index (χ0n) is 17.0. The Labute approximate surface area is 174 Å². The molecule has 0 saturated carbocycles. The van der Waals surface area contributed by atoms with E-state index in [1.54, 1.807) is 32.2 Å². The molecule has 3 N–H and O–H groups in total. The van der Waals surface area contributed by atoms with E-state index in [2.05, 4.69) is 10.3 Å². The highest BCUT2D eigenvalue weighted by Gasteiger charge is 2.31. The molecule has 2 rings (SSSR count). The third-order valence-corrected chi connectivity index (χ3v) is 3.25. The summed E-state index contributed by atoms with van der Waals surface area (Å²) in [5, 5.41) is 16.8. The summed E-state index contributed by atoms with van der Waals surface area (Å²) in [4.78, 5) is 14.4. The maximum absolute atomic E-state index is 12.2. The van der Waals surface area contributed by atoms with Crippen LogP contribution in [0.4, 0.5) is 13.2 Å². The highest BCUT2D eigenvalue weighted by Crippen LogP contribution is 2.32. The molecule has 0 aromatic heterocycles. The van der Waals surface area contributed by atoms with Gasteiger partial charge in [-0.15, -0.1) is 0 Å². The van der Waals surface area contributed by atoms with Crippen molar-refractivity contribution in [3.8, 4) is 0 Å². The molecule has 0 aliphatic rings. The summed E-state index contributed by atoms with van der Waals surface area (Å²) in [5.41, 5.74) is 2.89. The third-order valence-electron chi connectivity index (χ3n) is 3.00. The largest absolute Gasteiger partial charge is 0.478 e. The van der Waals surface area contributed by atoms with Crippen molar-refractivity contribution in [1.82, 2.24) is 5.48 Å². The lowest BCUT2D eigenvalue weighted by molar-refractivity contribution is -0.138. The highest BCUT2D eigenvalue weighted by atomic mass is 35.5. The number of hydrogen-bond donors (Lipinski definition) is 3. The molecule has 0 saturated heterocycles. The van der Waals surface area contributed by atoms with Gasteiger partial charge in [-0.1, -0.05) is 43.1 Å². The summed E-state index contributed by atoms with van der Waals surface area (Å²) < 4.78 is 36.7. The lowest BCUT2D eigenvalue weighted by Crippen LogP contribution is -2.07. The van der Waals surface area contributed by atoms with Crippen LogP contribution in [0.5, 0.6) is 0 Å². The number of carboxylic acid groups (broad SMARTS) is 1. The number of aliphatic hydroxyl groups is 1. The number of nitrogens with one attached hydrogen (secondary N) is 1. The number of halogens is 4. The Morgan fingerprint density at radius 1 is 1.10 bits per heavy atom. The van der Waals surface area contributed by atoms with Gasteiger partial charge < -0.3 is 10.2 Å². The van der Waals surface area contributed by atoms with Crippen LogP contribution >= 0.6 is 11.6 Å². The van der Waals surface area contributed by atoms with Gasteiger partial charge in [-0.05, 0) is 49.7 Å². The first kappa shape index (κ1) is 29.1. The molecule has 2 aromatic rings. The van der Waals surface area contributed by atoms with Crippen molar-refractivity contribution in [1.29, 1.82) is 0 Å². The van der Waals surface area contributed by atoms with Crippen molar-refractivity contribution < 1.29 is 33.0 Å². The number of aryl methyl sites for hydroxylation is 2. The van der Waals surface area contributed by atoms with Crippen LogP contribution in [0.3, 0.4) is 0 Å². The molecule has 0 amide bonds. The predicted octanol–water partition coefficient (Wildman–Crippen LogP) is 5.47. The van der Waals surface area contributed by atoms with E-state index in [1.165, 1.54) is 25.1 Å². The molecule has 0 radical (unpaired) electrons. The molecule has 9 heteroatoms. The molecule has 0 atom stereocenters. The molecule has 0 spiro atoms. The number of hydrogen-bond acceptors (Lipinski definition) is 4. The van der Waals surface area contributed by atoms with Gasteiger partial charge >= 0.3 is 12.1 Å². The van der Waals surface area contributed by atoms with E-state index < -0.39 is 17.7 Å².